The molecule has 0 atom stereocenters. The highest BCUT2D eigenvalue weighted by molar-refractivity contribution is 9.10. The number of rotatable bonds is 2. The lowest BCUT2D eigenvalue weighted by atomic mass is 10.3. The van der Waals surface area contributed by atoms with Crippen molar-refractivity contribution in [1.29, 1.82) is 0 Å². The molecule has 0 spiro atoms. The Balaban J connectivity index is 2.27. The molecule has 2 rings (SSSR count). The van der Waals surface area contributed by atoms with E-state index in [1.807, 2.05) is 19.1 Å². The van der Waals surface area contributed by atoms with Crippen LogP contribution in [0.3, 0.4) is 0 Å². The third-order valence-electron chi connectivity index (χ3n) is 2.02. The number of aryl methyl sites for hydroxylation is 1. The molecule has 2 aromatic rings. The first-order valence-corrected chi connectivity index (χ1v) is 5.55. The second kappa shape index (κ2) is 4.49. The van der Waals surface area contributed by atoms with Gasteiger partial charge in [-0.1, -0.05) is 0 Å². The van der Waals surface area contributed by atoms with Crippen molar-refractivity contribution in [2.75, 3.05) is 11.1 Å². The second-order valence-electron chi connectivity index (χ2n) is 3.44. The van der Waals surface area contributed by atoms with Gasteiger partial charge in [-0.05, 0) is 46.6 Å². The molecule has 5 heteroatoms. The molecule has 0 aliphatic carbocycles. The lowest BCUT2D eigenvalue weighted by Crippen LogP contribution is -1.98. The molecule has 0 bridgehead atoms. The predicted molar refractivity (Wildman–Crippen MR) is 68.6 cm³/mol. The molecule has 4 nitrogen and oxygen atoms in total. The van der Waals surface area contributed by atoms with Crippen molar-refractivity contribution in [1.82, 2.24) is 9.97 Å². The number of nitrogens with two attached hydrogens (primary N) is 1. The van der Waals surface area contributed by atoms with Crippen LogP contribution in [-0.2, 0) is 0 Å². The fraction of sp³-hybridized carbons (Fsp3) is 0.0909. The Morgan fingerprint density at radius 1 is 1.31 bits per heavy atom. The molecule has 3 N–H and O–H groups in total. The fourth-order valence-corrected chi connectivity index (χ4v) is 1.74. The average molecular weight is 279 g/mol. The second-order valence-corrected chi connectivity index (χ2v) is 4.30. The predicted octanol–water partition coefficient (Wildman–Crippen LogP) is 2.87. The van der Waals surface area contributed by atoms with E-state index in [0.717, 1.165) is 15.9 Å². The van der Waals surface area contributed by atoms with Gasteiger partial charge < -0.3 is 11.1 Å². The van der Waals surface area contributed by atoms with Crippen molar-refractivity contribution in [3.05, 3.63) is 40.6 Å². The minimum atomic E-state index is 0.620. The van der Waals surface area contributed by atoms with Gasteiger partial charge in [0.1, 0.15) is 11.6 Å². The lowest BCUT2D eigenvalue weighted by Gasteiger charge is -2.07. The number of hydrogen-bond acceptors (Lipinski definition) is 4. The zero-order valence-electron chi connectivity index (χ0n) is 8.74. The first-order chi connectivity index (χ1) is 7.65. The quantitative estimate of drug-likeness (QED) is 0.887. The highest BCUT2D eigenvalue weighted by Crippen LogP contribution is 2.24. The van der Waals surface area contributed by atoms with Crippen molar-refractivity contribution in [3.63, 3.8) is 0 Å². The van der Waals surface area contributed by atoms with Crippen LogP contribution in [-0.4, -0.2) is 9.97 Å². The van der Waals surface area contributed by atoms with E-state index in [4.69, 9.17) is 5.73 Å². The standard InChI is InChI=1S/C11H11BrN4/c1-7-2-3-14-10(4-7)16-11-9(12)5-8(13)6-15-11/h2-6H,13H2,1H3,(H,14,15,16). The maximum atomic E-state index is 5.61. The molecule has 0 amide bonds. The number of nitrogens with one attached hydrogen (secondary N) is 1. The number of pyridine rings is 2. The maximum absolute atomic E-state index is 5.61. The summed E-state index contributed by atoms with van der Waals surface area (Å²) in [6.45, 7) is 2.01. The van der Waals surface area contributed by atoms with Gasteiger partial charge in [0.25, 0.3) is 0 Å². The topological polar surface area (TPSA) is 63.8 Å². The van der Waals surface area contributed by atoms with Gasteiger partial charge in [-0.25, -0.2) is 9.97 Å². The van der Waals surface area contributed by atoms with Crippen LogP contribution in [0.4, 0.5) is 17.3 Å². The van der Waals surface area contributed by atoms with Crippen molar-refractivity contribution in [3.8, 4) is 0 Å². The molecule has 0 aromatic carbocycles. The van der Waals surface area contributed by atoms with Crippen LogP contribution in [0.1, 0.15) is 5.56 Å². The molecule has 2 aromatic heterocycles. The minimum absolute atomic E-state index is 0.620. The Hall–Kier alpha value is -1.62. The molecule has 0 saturated heterocycles. The molecular formula is C11H11BrN4. The first-order valence-electron chi connectivity index (χ1n) is 4.76. The van der Waals surface area contributed by atoms with Gasteiger partial charge in [0.15, 0.2) is 0 Å². The summed E-state index contributed by atoms with van der Waals surface area (Å²) in [5.41, 5.74) is 7.37. The van der Waals surface area contributed by atoms with Gasteiger partial charge in [-0.2, -0.15) is 0 Å². The number of nitrogens with zero attached hydrogens (tertiary/aromatic N) is 2. The van der Waals surface area contributed by atoms with Gasteiger partial charge in [-0.3, -0.25) is 0 Å². The summed E-state index contributed by atoms with van der Waals surface area (Å²) >= 11 is 3.39. The van der Waals surface area contributed by atoms with Crippen molar-refractivity contribution >= 4 is 33.3 Å². The smallest absolute Gasteiger partial charge is 0.145 e. The van der Waals surface area contributed by atoms with E-state index >= 15 is 0 Å². The summed E-state index contributed by atoms with van der Waals surface area (Å²) in [7, 11) is 0. The SMILES string of the molecule is Cc1ccnc(Nc2ncc(N)cc2Br)c1. The lowest BCUT2D eigenvalue weighted by molar-refractivity contribution is 1.23. The molecule has 0 unspecified atom stereocenters. The first kappa shape index (κ1) is 10.9. The molecule has 82 valence electrons. The zero-order chi connectivity index (χ0) is 11.5. The van der Waals surface area contributed by atoms with E-state index in [1.165, 1.54) is 0 Å². The average Bonchev–Trinajstić information content (AvgIpc) is 2.22. The van der Waals surface area contributed by atoms with Crippen molar-refractivity contribution in [2.45, 2.75) is 6.92 Å². The van der Waals surface area contributed by atoms with Gasteiger partial charge in [0.2, 0.25) is 0 Å². The molecule has 2 heterocycles. The monoisotopic (exact) mass is 278 g/mol. The number of anilines is 3. The molecular weight excluding hydrogens is 268 g/mol. The van der Waals surface area contributed by atoms with Crippen molar-refractivity contribution < 1.29 is 0 Å². The third kappa shape index (κ3) is 2.49. The van der Waals surface area contributed by atoms with E-state index in [1.54, 1.807) is 18.5 Å². The van der Waals surface area contributed by atoms with Crippen LogP contribution in [0.15, 0.2) is 35.1 Å². The Bertz CT molecular complexity index is 513. The van der Waals surface area contributed by atoms with Gasteiger partial charge in [0.05, 0.1) is 16.4 Å². The number of nitrogen functional groups attached to an aromatic ring is 1. The van der Waals surface area contributed by atoms with Crippen LogP contribution >= 0.6 is 15.9 Å². The molecule has 0 aliphatic heterocycles. The third-order valence-corrected chi connectivity index (χ3v) is 2.63. The van der Waals surface area contributed by atoms with Crippen LogP contribution in [0.2, 0.25) is 0 Å². The van der Waals surface area contributed by atoms with Crippen molar-refractivity contribution in [2.24, 2.45) is 0 Å². The molecule has 0 fully saturated rings. The summed E-state index contributed by atoms with van der Waals surface area (Å²) in [6, 6.07) is 5.69. The summed E-state index contributed by atoms with van der Waals surface area (Å²) < 4.78 is 0.816. The van der Waals surface area contributed by atoms with Gasteiger partial charge in [-0.15, -0.1) is 0 Å². The number of halogens is 1. The number of aromatic nitrogens is 2. The number of hydrogen-bond donors (Lipinski definition) is 2. The van der Waals surface area contributed by atoms with Crippen LogP contribution in [0, 0.1) is 6.92 Å². The van der Waals surface area contributed by atoms with Crippen LogP contribution in [0.5, 0.6) is 0 Å². The molecule has 0 radical (unpaired) electrons. The Morgan fingerprint density at radius 2 is 2.12 bits per heavy atom. The highest BCUT2D eigenvalue weighted by Gasteiger charge is 2.03. The largest absolute Gasteiger partial charge is 0.397 e. The summed E-state index contributed by atoms with van der Waals surface area (Å²) in [6.07, 6.45) is 3.35. The summed E-state index contributed by atoms with van der Waals surface area (Å²) in [5.74, 6) is 1.46. The van der Waals surface area contributed by atoms with Gasteiger partial charge in [0, 0.05) is 6.20 Å². The Labute approximate surface area is 102 Å². The Morgan fingerprint density at radius 3 is 2.81 bits per heavy atom. The molecule has 16 heavy (non-hydrogen) atoms. The van der Waals surface area contributed by atoms with E-state index < -0.39 is 0 Å². The van der Waals surface area contributed by atoms with E-state index in [0.29, 0.717) is 11.5 Å². The van der Waals surface area contributed by atoms with E-state index in [-0.39, 0.29) is 0 Å². The minimum Gasteiger partial charge on any atom is -0.397 e. The molecule has 0 saturated carbocycles. The Kier molecular flexibility index (Phi) is 3.05. The van der Waals surface area contributed by atoms with Crippen LogP contribution < -0.4 is 11.1 Å². The van der Waals surface area contributed by atoms with Crippen LogP contribution in [0.25, 0.3) is 0 Å². The zero-order valence-corrected chi connectivity index (χ0v) is 10.3. The van der Waals surface area contributed by atoms with Gasteiger partial charge >= 0.3 is 0 Å². The summed E-state index contributed by atoms with van der Waals surface area (Å²) in [4.78, 5) is 8.37. The summed E-state index contributed by atoms with van der Waals surface area (Å²) in [5, 5.41) is 3.12. The molecule has 0 aliphatic rings. The van der Waals surface area contributed by atoms with E-state index in [2.05, 4.69) is 31.2 Å². The van der Waals surface area contributed by atoms with E-state index in [9.17, 15) is 0 Å². The maximum Gasteiger partial charge on any atom is 0.145 e. The highest BCUT2D eigenvalue weighted by atomic mass is 79.9. The normalized spacial score (nSPS) is 10.1. The fourth-order valence-electron chi connectivity index (χ4n) is 1.27.